The van der Waals surface area contributed by atoms with E-state index in [9.17, 15) is 4.79 Å². The molecule has 1 spiro atoms. The fourth-order valence-electron chi connectivity index (χ4n) is 4.22. The molecule has 34 heavy (non-hydrogen) atoms. The Morgan fingerprint density at radius 2 is 1.82 bits per heavy atom. The van der Waals surface area contributed by atoms with Gasteiger partial charge in [-0.3, -0.25) is 4.99 Å². The van der Waals surface area contributed by atoms with Crippen molar-refractivity contribution in [3.05, 3.63) is 53.1 Å². The molecule has 0 bridgehead atoms. The summed E-state index contributed by atoms with van der Waals surface area (Å²) in [5.41, 5.74) is 4.75. The molecule has 1 fully saturated rings. The number of amides is 2. The van der Waals surface area contributed by atoms with Crippen molar-refractivity contribution in [2.24, 2.45) is 9.98 Å². The van der Waals surface area contributed by atoms with Crippen LogP contribution in [0, 0.1) is 13.8 Å². The number of hydrogen-bond acceptors (Lipinski definition) is 6. The van der Waals surface area contributed by atoms with Gasteiger partial charge in [-0.2, -0.15) is 0 Å². The maximum absolute atomic E-state index is 13.0. The number of rotatable bonds is 5. The van der Waals surface area contributed by atoms with Crippen LogP contribution in [0.4, 0.5) is 10.5 Å². The van der Waals surface area contributed by atoms with Gasteiger partial charge in [0.2, 0.25) is 0 Å². The van der Waals surface area contributed by atoms with E-state index in [0.29, 0.717) is 43.1 Å². The van der Waals surface area contributed by atoms with Crippen LogP contribution in [0.15, 0.2) is 46.4 Å². The summed E-state index contributed by atoms with van der Waals surface area (Å²) >= 11 is 1.74. The third-order valence-electron chi connectivity index (χ3n) is 6.40. The first kappa shape index (κ1) is 24.1. The van der Waals surface area contributed by atoms with Gasteiger partial charge in [-0.15, -0.1) is 11.8 Å². The Balaban J connectivity index is 1.48. The van der Waals surface area contributed by atoms with E-state index in [2.05, 4.69) is 44.3 Å². The number of likely N-dealkylation sites (tertiary alicyclic amines) is 1. The summed E-state index contributed by atoms with van der Waals surface area (Å²) in [4.78, 5) is 25.0. The van der Waals surface area contributed by atoms with Gasteiger partial charge in [0.1, 0.15) is 16.5 Å². The highest BCUT2D eigenvalue weighted by molar-refractivity contribution is 8.15. The molecule has 0 atom stereocenters. The molecule has 1 saturated heterocycles. The second-order valence-corrected chi connectivity index (χ2v) is 9.83. The number of hydrogen-bond donors (Lipinski definition) is 1. The Kier molecular flexibility index (Phi) is 7.16. The highest BCUT2D eigenvalue weighted by Crippen LogP contribution is 2.36. The molecular formula is C26H32N4O3S. The third-order valence-corrected chi connectivity index (χ3v) is 7.24. The minimum atomic E-state index is -0.486. The van der Waals surface area contributed by atoms with Crippen LogP contribution in [-0.2, 0) is 0 Å². The third kappa shape index (κ3) is 4.92. The molecule has 0 saturated carbocycles. The Labute approximate surface area is 205 Å². The molecule has 0 unspecified atom stereocenters. The normalized spacial score (nSPS) is 16.8. The lowest BCUT2D eigenvalue weighted by Gasteiger charge is -2.35. The molecule has 2 aliphatic rings. The van der Waals surface area contributed by atoms with Crippen LogP contribution in [0.25, 0.3) is 0 Å². The van der Waals surface area contributed by atoms with Crippen molar-refractivity contribution < 1.29 is 14.3 Å². The monoisotopic (exact) mass is 480 g/mol. The van der Waals surface area contributed by atoms with E-state index in [1.54, 1.807) is 44.2 Å². The average molecular weight is 481 g/mol. The molecule has 2 amide bonds. The number of thioether (sulfide) groups is 1. The minimum Gasteiger partial charge on any atom is -0.497 e. The number of aliphatic imine (C=N–C) groups is 2. The van der Waals surface area contributed by atoms with E-state index in [4.69, 9.17) is 19.5 Å². The van der Waals surface area contributed by atoms with Crippen molar-refractivity contribution in [2.75, 3.05) is 38.4 Å². The van der Waals surface area contributed by atoms with Gasteiger partial charge in [-0.05, 0) is 48.9 Å². The van der Waals surface area contributed by atoms with E-state index < -0.39 is 5.66 Å². The van der Waals surface area contributed by atoms with Crippen molar-refractivity contribution in [1.82, 2.24) is 4.90 Å². The molecule has 8 heteroatoms. The lowest BCUT2D eigenvalue weighted by molar-refractivity contribution is 0.175. The predicted molar refractivity (Wildman–Crippen MR) is 140 cm³/mol. The topological polar surface area (TPSA) is 75.5 Å². The van der Waals surface area contributed by atoms with Gasteiger partial charge in [0.25, 0.3) is 0 Å². The second-order valence-electron chi connectivity index (χ2n) is 8.58. The van der Waals surface area contributed by atoms with Gasteiger partial charge in [-0.25, -0.2) is 9.79 Å². The number of nitrogens with zero attached hydrogens (tertiary/aromatic N) is 3. The number of aryl methyl sites for hydroxylation is 2. The summed E-state index contributed by atoms with van der Waals surface area (Å²) < 4.78 is 10.6. The van der Waals surface area contributed by atoms with E-state index in [1.807, 2.05) is 4.90 Å². The molecular weight excluding hydrogens is 448 g/mol. The number of piperidine rings is 1. The fourth-order valence-corrected chi connectivity index (χ4v) is 5.03. The van der Waals surface area contributed by atoms with Crippen molar-refractivity contribution in [3.8, 4) is 11.5 Å². The maximum Gasteiger partial charge on any atom is 0.321 e. The van der Waals surface area contributed by atoms with Crippen LogP contribution in [0.5, 0.6) is 11.5 Å². The lowest BCUT2D eigenvalue weighted by atomic mass is 9.98. The minimum absolute atomic E-state index is 0.151. The second kappa shape index (κ2) is 10.1. The van der Waals surface area contributed by atoms with Crippen molar-refractivity contribution in [1.29, 1.82) is 0 Å². The molecule has 2 aromatic rings. The quantitative estimate of drug-likeness (QED) is 0.630. The van der Waals surface area contributed by atoms with Crippen LogP contribution in [0.1, 0.15) is 36.5 Å². The number of urea groups is 1. The Bertz CT molecular complexity index is 1140. The number of benzene rings is 2. The van der Waals surface area contributed by atoms with Gasteiger partial charge >= 0.3 is 6.03 Å². The molecule has 4 rings (SSSR count). The molecule has 7 nitrogen and oxygen atoms in total. The first-order valence-electron chi connectivity index (χ1n) is 11.6. The fraction of sp³-hybridized carbons (Fsp3) is 0.423. The molecule has 2 aliphatic heterocycles. The Morgan fingerprint density at radius 3 is 2.47 bits per heavy atom. The lowest BCUT2D eigenvalue weighted by Crippen LogP contribution is -2.46. The summed E-state index contributed by atoms with van der Waals surface area (Å²) in [6.07, 6.45) is 1.39. The van der Waals surface area contributed by atoms with E-state index >= 15 is 0 Å². The van der Waals surface area contributed by atoms with Gasteiger partial charge in [0.05, 0.1) is 25.6 Å². The highest BCUT2D eigenvalue weighted by atomic mass is 32.2. The van der Waals surface area contributed by atoms with Gasteiger partial charge < -0.3 is 19.7 Å². The van der Waals surface area contributed by atoms with Crippen LogP contribution < -0.4 is 14.8 Å². The number of nitrogens with one attached hydrogen (secondary N) is 1. The highest BCUT2D eigenvalue weighted by Gasteiger charge is 2.40. The summed E-state index contributed by atoms with van der Waals surface area (Å²) in [5, 5.41) is 3.97. The van der Waals surface area contributed by atoms with Crippen LogP contribution in [-0.4, -0.2) is 60.4 Å². The standard InChI is InChI=1S/C26H32N4O3S/c1-6-34-24-23(19-8-7-17(2)18(3)15-19)28-26(29-24)11-13-30(14-12-26)25(31)27-21-10-9-20(32-4)16-22(21)33-5/h7-10,15-16H,6,11-14H2,1-5H3,(H,27,31). The molecule has 0 aromatic heterocycles. The number of anilines is 1. The Hall–Kier alpha value is -3.00. The van der Waals surface area contributed by atoms with Crippen molar-refractivity contribution in [2.45, 2.75) is 39.3 Å². The van der Waals surface area contributed by atoms with E-state index in [1.165, 1.54) is 11.1 Å². The van der Waals surface area contributed by atoms with Gasteiger partial charge in [-0.1, -0.05) is 19.1 Å². The van der Waals surface area contributed by atoms with Crippen LogP contribution in [0.3, 0.4) is 0 Å². The number of carbonyl (C=O) groups is 1. The van der Waals surface area contributed by atoms with E-state index in [0.717, 1.165) is 22.1 Å². The summed E-state index contributed by atoms with van der Waals surface area (Å²) in [5.74, 6) is 2.18. The first-order valence-corrected chi connectivity index (χ1v) is 12.5. The number of ether oxygens (including phenoxy) is 2. The van der Waals surface area contributed by atoms with Crippen molar-refractivity contribution in [3.63, 3.8) is 0 Å². The maximum atomic E-state index is 13.0. The summed E-state index contributed by atoms with van der Waals surface area (Å²) in [6, 6.07) is 11.7. The van der Waals surface area contributed by atoms with Crippen LogP contribution in [0.2, 0.25) is 0 Å². The number of carbonyl (C=O) groups excluding carboxylic acids is 1. The molecule has 0 radical (unpaired) electrons. The zero-order chi connectivity index (χ0) is 24.3. The molecule has 2 aromatic carbocycles. The summed E-state index contributed by atoms with van der Waals surface area (Å²) in [7, 11) is 3.17. The SMILES string of the molecule is CCSC1=NC2(CCN(C(=O)Nc3ccc(OC)cc3OC)CC2)N=C1c1ccc(C)c(C)c1. The zero-order valence-electron chi connectivity index (χ0n) is 20.5. The van der Waals surface area contributed by atoms with Gasteiger partial charge in [0.15, 0.2) is 5.66 Å². The first-order chi connectivity index (χ1) is 16.4. The Morgan fingerprint density at radius 1 is 1.06 bits per heavy atom. The zero-order valence-corrected chi connectivity index (χ0v) is 21.3. The number of methoxy groups -OCH3 is 2. The van der Waals surface area contributed by atoms with Crippen LogP contribution >= 0.6 is 11.8 Å². The van der Waals surface area contributed by atoms with E-state index in [-0.39, 0.29) is 6.03 Å². The van der Waals surface area contributed by atoms with Crippen molar-refractivity contribution >= 4 is 34.2 Å². The molecule has 1 N–H and O–H groups in total. The summed E-state index contributed by atoms with van der Waals surface area (Å²) in [6.45, 7) is 7.55. The molecule has 0 aliphatic carbocycles. The average Bonchev–Trinajstić information content (AvgIpc) is 3.19. The molecule has 2 heterocycles. The molecule has 180 valence electrons. The smallest absolute Gasteiger partial charge is 0.321 e. The predicted octanol–water partition coefficient (Wildman–Crippen LogP) is 5.30. The van der Waals surface area contributed by atoms with Gasteiger partial charge in [0, 0.05) is 37.6 Å². The largest absolute Gasteiger partial charge is 0.497 e.